The first-order valence-electron chi connectivity index (χ1n) is 7.31. The predicted molar refractivity (Wildman–Crippen MR) is 67.6 cm³/mol. The largest absolute Gasteiger partial charge is 0.338 e. The van der Waals surface area contributed by atoms with Crippen molar-refractivity contribution in [3.8, 4) is 0 Å². The first kappa shape index (κ1) is 11.5. The van der Waals surface area contributed by atoms with Gasteiger partial charge in [0, 0.05) is 24.5 Å². The Kier molecular flexibility index (Phi) is 3.12. The number of carbonyl (C=O) groups is 1. The lowest BCUT2D eigenvalue weighted by Gasteiger charge is -2.31. The molecule has 1 amide bonds. The lowest BCUT2D eigenvalue weighted by molar-refractivity contribution is -0.136. The second kappa shape index (κ2) is 4.60. The summed E-state index contributed by atoms with van der Waals surface area (Å²) in [7, 11) is 0. The van der Waals surface area contributed by atoms with E-state index >= 15 is 0 Å². The van der Waals surface area contributed by atoms with Crippen molar-refractivity contribution in [2.45, 2.75) is 57.5 Å². The van der Waals surface area contributed by atoms with Crippen LogP contribution in [-0.2, 0) is 4.79 Å². The summed E-state index contributed by atoms with van der Waals surface area (Å²) in [5, 5.41) is 3.57. The van der Waals surface area contributed by atoms with Crippen molar-refractivity contribution < 1.29 is 4.79 Å². The van der Waals surface area contributed by atoms with Crippen molar-refractivity contribution in [2.75, 3.05) is 13.1 Å². The van der Waals surface area contributed by atoms with E-state index in [0.29, 0.717) is 23.9 Å². The smallest absolute Gasteiger partial charge is 0.225 e. The zero-order valence-corrected chi connectivity index (χ0v) is 10.8. The minimum Gasteiger partial charge on any atom is -0.338 e. The van der Waals surface area contributed by atoms with Gasteiger partial charge in [0.15, 0.2) is 0 Å². The highest BCUT2D eigenvalue weighted by Crippen LogP contribution is 2.38. The van der Waals surface area contributed by atoms with Crippen LogP contribution in [0.1, 0.15) is 45.4 Å². The normalized spacial score (nSPS) is 35.2. The van der Waals surface area contributed by atoms with Gasteiger partial charge in [-0.2, -0.15) is 0 Å². The van der Waals surface area contributed by atoms with E-state index in [9.17, 15) is 4.79 Å². The third kappa shape index (κ3) is 2.22. The van der Waals surface area contributed by atoms with Gasteiger partial charge in [0.2, 0.25) is 5.91 Å². The van der Waals surface area contributed by atoms with E-state index in [2.05, 4.69) is 17.1 Å². The van der Waals surface area contributed by atoms with E-state index in [0.717, 1.165) is 13.1 Å². The van der Waals surface area contributed by atoms with Crippen LogP contribution in [0.4, 0.5) is 0 Å². The molecule has 3 fully saturated rings. The summed E-state index contributed by atoms with van der Waals surface area (Å²) in [5.74, 6) is 1.40. The van der Waals surface area contributed by atoms with Crippen LogP contribution < -0.4 is 5.32 Å². The maximum absolute atomic E-state index is 12.5. The SMILES string of the molecule is CC(C(=O)N1CCCC1C1CCCN1)C1CC1. The van der Waals surface area contributed by atoms with Gasteiger partial charge in [0.1, 0.15) is 0 Å². The molecular weight excluding hydrogens is 212 g/mol. The Labute approximate surface area is 104 Å². The number of rotatable bonds is 3. The Morgan fingerprint density at radius 2 is 2.06 bits per heavy atom. The van der Waals surface area contributed by atoms with Gasteiger partial charge >= 0.3 is 0 Å². The van der Waals surface area contributed by atoms with Crippen molar-refractivity contribution in [2.24, 2.45) is 11.8 Å². The van der Waals surface area contributed by atoms with E-state index in [1.165, 1.54) is 38.5 Å². The van der Waals surface area contributed by atoms with Crippen LogP contribution in [0, 0.1) is 11.8 Å². The fourth-order valence-corrected chi connectivity index (χ4v) is 3.58. The molecule has 2 heterocycles. The van der Waals surface area contributed by atoms with Gasteiger partial charge in [-0.05, 0) is 51.0 Å². The molecule has 0 radical (unpaired) electrons. The molecule has 0 aromatic rings. The van der Waals surface area contributed by atoms with Gasteiger partial charge in [-0.15, -0.1) is 0 Å². The monoisotopic (exact) mass is 236 g/mol. The summed E-state index contributed by atoms with van der Waals surface area (Å²) in [4.78, 5) is 14.7. The highest BCUT2D eigenvalue weighted by Gasteiger charge is 2.41. The number of likely N-dealkylation sites (tertiary alicyclic amines) is 1. The van der Waals surface area contributed by atoms with Gasteiger partial charge < -0.3 is 10.2 Å². The van der Waals surface area contributed by atoms with E-state index < -0.39 is 0 Å². The Morgan fingerprint density at radius 1 is 1.24 bits per heavy atom. The number of amides is 1. The Balaban J connectivity index is 1.65. The fourth-order valence-electron chi connectivity index (χ4n) is 3.58. The van der Waals surface area contributed by atoms with Crippen molar-refractivity contribution in [1.29, 1.82) is 0 Å². The van der Waals surface area contributed by atoms with Crippen molar-refractivity contribution in [3.05, 3.63) is 0 Å². The molecule has 96 valence electrons. The summed E-state index contributed by atoms with van der Waals surface area (Å²) >= 11 is 0. The second-order valence-electron chi connectivity index (χ2n) is 6.07. The lowest BCUT2D eigenvalue weighted by atomic mass is 10.0. The molecule has 3 aliphatic rings. The molecule has 3 nitrogen and oxygen atoms in total. The average Bonchev–Trinajstić information content (AvgIpc) is 2.86. The molecule has 3 unspecified atom stereocenters. The van der Waals surface area contributed by atoms with Crippen LogP contribution in [0.25, 0.3) is 0 Å². The molecule has 0 spiro atoms. The van der Waals surface area contributed by atoms with Crippen molar-refractivity contribution >= 4 is 5.91 Å². The molecular formula is C14H24N2O. The van der Waals surface area contributed by atoms with E-state index in [1.54, 1.807) is 0 Å². The first-order chi connectivity index (χ1) is 8.27. The van der Waals surface area contributed by atoms with E-state index in [1.807, 2.05) is 0 Å². The number of hydrogen-bond acceptors (Lipinski definition) is 2. The molecule has 3 heteroatoms. The molecule has 0 aromatic carbocycles. The van der Waals surface area contributed by atoms with Gasteiger partial charge in [-0.1, -0.05) is 6.92 Å². The van der Waals surface area contributed by atoms with Crippen LogP contribution in [-0.4, -0.2) is 36.0 Å². The molecule has 2 aliphatic heterocycles. The van der Waals surface area contributed by atoms with E-state index in [4.69, 9.17) is 0 Å². The van der Waals surface area contributed by atoms with Crippen LogP contribution >= 0.6 is 0 Å². The number of nitrogens with one attached hydrogen (secondary N) is 1. The minimum atomic E-state index is 0.275. The molecule has 3 rings (SSSR count). The third-order valence-corrected chi connectivity index (χ3v) is 4.86. The quantitative estimate of drug-likeness (QED) is 0.810. The lowest BCUT2D eigenvalue weighted by Crippen LogP contribution is -2.48. The number of hydrogen-bond donors (Lipinski definition) is 1. The molecule has 1 N–H and O–H groups in total. The van der Waals surface area contributed by atoms with Crippen LogP contribution in [0.2, 0.25) is 0 Å². The molecule has 2 saturated heterocycles. The molecule has 1 aliphatic carbocycles. The summed E-state index contributed by atoms with van der Waals surface area (Å²) in [5.41, 5.74) is 0. The van der Waals surface area contributed by atoms with Gasteiger partial charge in [-0.3, -0.25) is 4.79 Å². The Bertz CT molecular complexity index is 295. The predicted octanol–water partition coefficient (Wildman–Crippen LogP) is 1.78. The van der Waals surface area contributed by atoms with Crippen LogP contribution in [0.3, 0.4) is 0 Å². The maximum Gasteiger partial charge on any atom is 0.225 e. The summed E-state index contributed by atoms with van der Waals surface area (Å²) in [6.45, 7) is 4.28. The van der Waals surface area contributed by atoms with Crippen LogP contribution in [0.15, 0.2) is 0 Å². The van der Waals surface area contributed by atoms with Gasteiger partial charge in [0.05, 0.1) is 0 Å². The number of nitrogens with zero attached hydrogens (tertiary/aromatic N) is 1. The second-order valence-corrected chi connectivity index (χ2v) is 6.07. The highest BCUT2D eigenvalue weighted by molar-refractivity contribution is 5.79. The topological polar surface area (TPSA) is 32.3 Å². The standard InChI is InChI=1S/C14H24N2O/c1-10(11-6-7-11)14(17)16-9-3-5-13(16)12-4-2-8-15-12/h10-13,15H,2-9H2,1H3. The molecule has 0 aromatic heterocycles. The van der Waals surface area contributed by atoms with Crippen LogP contribution in [0.5, 0.6) is 0 Å². The zero-order valence-electron chi connectivity index (χ0n) is 10.8. The number of carbonyl (C=O) groups excluding carboxylic acids is 1. The molecule has 17 heavy (non-hydrogen) atoms. The van der Waals surface area contributed by atoms with Gasteiger partial charge in [0.25, 0.3) is 0 Å². The molecule has 1 saturated carbocycles. The summed E-state index contributed by atoms with van der Waals surface area (Å²) in [6, 6.07) is 1.07. The third-order valence-electron chi connectivity index (χ3n) is 4.86. The molecule has 0 bridgehead atoms. The van der Waals surface area contributed by atoms with E-state index in [-0.39, 0.29) is 5.92 Å². The van der Waals surface area contributed by atoms with Crippen molar-refractivity contribution in [1.82, 2.24) is 10.2 Å². The zero-order chi connectivity index (χ0) is 11.8. The summed E-state index contributed by atoms with van der Waals surface area (Å²) in [6.07, 6.45) is 7.49. The Hall–Kier alpha value is -0.570. The Morgan fingerprint density at radius 3 is 2.71 bits per heavy atom. The highest BCUT2D eigenvalue weighted by atomic mass is 16.2. The first-order valence-corrected chi connectivity index (χ1v) is 7.31. The minimum absolute atomic E-state index is 0.275. The molecule has 3 atom stereocenters. The maximum atomic E-state index is 12.5. The van der Waals surface area contributed by atoms with Gasteiger partial charge in [-0.25, -0.2) is 0 Å². The summed E-state index contributed by atoms with van der Waals surface area (Å²) < 4.78 is 0. The fraction of sp³-hybridized carbons (Fsp3) is 0.929. The van der Waals surface area contributed by atoms with Crippen molar-refractivity contribution in [3.63, 3.8) is 0 Å². The average molecular weight is 236 g/mol.